The zero-order chi connectivity index (χ0) is 39.6. The summed E-state index contributed by atoms with van der Waals surface area (Å²) in [5.74, 6) is -0.934. The van der Waals surface area contributed by atoms with E-state index in [2.05, 4.69) is 48.8 Å². The maximum Gasteiger partial charge on any atom is 0.469 e. The fraction of sp³-hybridized carbons (Fsp3) is 0.822. The molecule has 9 heteroatoms. The highest BCUT2D eigenvalue weighted by Crippen LogP contribution is 2.36. The lowest BCUT2D eigenvalue weighted by Gasteiger charge is -2.18. The van der Waals surface area contributed by atoms with Gasteiger partial charge in [0.15, 0.2) is 6.10 Å². The molecule has 54 heavy (non-hydrogen) atoms. The number of hydrogen-bond donors (Lipinski definition) is 2. The monoisotopic (exact) mass is 783 g/mol. The molecule has 0 bridgehead atoms. The molecule has 0 amide bonds. The first-order chi connectivity index (χ1) is 26.3. The van der Waals surface area contributed by atoms with Gasteiger partial charge in [0.25, 0.3) is 0 Å². The van der Waals surface area contributed by atoms with Gasteiger partial charge in [-0.05, 0) is 64.2 Å². The maximum atomic E-state index is 12.4. The van der Waals surface area contributed by atoms with Gasteiger partial charge < -0.3 is 19.3 Å². The van der Waals surface area contributed by atoms with Gasteiger partial charge in [-0.15, -0.1) is 0 Å². The molecule has 0 rings (SSSR count). The molecular formula is C45H83O8P. The molecule has 0 heterocycles. The third kappa shape index (κ3) is 43.0. The molecule has 0 aliphatic rings. The van der Waals surface area contributed by atoms with Gasteiger partial charge in [0.2, 0.25) is 0 Å². The van der Waals surface area contributed by atoms with Gasteiger partial charge in [-0.2, -0.15) is 0 Å². The third-order valence-electron chi connectivity index (χ3n) is 9.63. The Balaban J connectivity index is 3.93. The summed E-state index contributed by atoms with van der Waals surface area (Å²) in [5, 5.41) is 0. The van der Waals surface area contributed by atoms with Crippen molar-refractivity contribution < 1.29 is 37.9 Å². The molecule has 1 atom stereocenters. The van der Waals surface area contributed by atoms with Gasteiger partial charge >= 0.3 is 19.8 Å². The fourth-order valence-corrected chi connectivity index (χ4v) is 6.65. The Bertz CT molecular complexity index is 973. The number of carbonyl (C=O) groups excluding carboxylic acids is 2. The number of esters is 2. The van der Waals surface area contributed by atoms with Crippen LogP contribution in [0.2, 0.25) is 0 Å². The summed E-state index contributed by atoms with van der Waals surface area (Å²) in [7, 11) is -4.77. The van der Waals surface area contributed by atoms with Crippen molar-refractivity contribution in [2.75, 3.05) is 13.2 Å². The summed E-state index contributed by atoms with van der Waals surface area (Å²) in [6, 6.07) is 0. The van der Waals surface area contributed by atoms with Gasteiger partial charge in [-0.25, -0.2) is 4.57 Å². The molecule has 0 aromatic heterocycles. The molecule has 0 saturated carbocycles. The number of rotatable bonds is 41. The van der Waals surface area contributed by atoms with Crippen molar-refractivity contribution in [3.63, 3.8) is 0 Å². The number of ether oxygens (including phenoxy) is 2. The molecule has 0 fully saturated rings. The van der Waals surface area contributed by atoms with Crippen LogP contribution in [0.1, 0.15) is 219 Å². The molecule has 0 unspecified atom stereocenters. The van der Waals surface area contributed by atoms with Crippen LogP contribution in [0.4, 0.5) is 0 Å². The Hall–Kier alpha value is -1.73. The Morgan fingerprint density at radius 1 is 0.481 bits per heavy atom. The van der Waals surface area contributed by atoms with E-state index in [1.54, 1.807) is 0 Å². The van der Waals surface area contributed by atoms with Crippen molar-refractivity contribution in [2.45, 2.75) is 225 Å². The smallest absolute Gasteiger partial charge is 0.462 e. The third-order valence-corrected chi connectivity index (χ3v) is 10.1. The van der Waals surface area contributed by atoms with Gasteiger partial charge in [0, 0.05) is 12.8 Å². The van der Waals surface area contributed by atoms with E-state index in [1.165, 1.54) is 141 Å². The van der Waals surface area contributed by atoms with Crippen LogP contribution in [-0.4, -0.2) is 41.0 Å². The number of unbranched alkanes of at least 4 members (excludes halogenated alkanes) is 25. The second-order valence-electron chi connectivity index (χ2n) is 15.0. The van der Waals surface area contributed by atoms with Crippen LogP contribution in [0.5, 0.6) is 0 Å². The molecule has 0 saturated heterocycles. The second-order valence-corrected chi connectivity index (χ2v) is 16.3. The van der Waals surface area contributed by atoms with Crippen molar-refractivity contribution in [1.29, 1.82) is 0 Å². The summed E-state index contributed by atoms with van der Waals surface area (Å²) >= 11 is 0. The van der Waals surface area contributed by atoms with Crippen molar-refractivity contribution in [3.8, 4) is 0 Å². The van der Waals surface area contributed by atoms with E-state index in [0.29, 0.717) is 6.42 Å². The molecule has 0 aliphatic heterocycles. The second kappa shape index (κ2) is 40.9. The van der Waals surface area contributed by atoms with E-state index in [4.69, 9.17) is 19.3 Å². The standard InChI is InChI=1S/C45H83O8P/c1-3-5-7-9-11-13-15-17-19-21-22-24-25-27-29-31-33-35-37-39-44(46)51-41-43(42-52-54(48,49)50)53-45(47)40-38-36-34-32-30-28-26-23-20-18-16-14-12-10-8-6-4-2/h17,19,26,28,32,34,43H,3-16,18,20-25,27,29-31,33,35-42H2,1-2H3,(H2,48,49,50)/b19-17+,28-26+,34-32+/t43-/m1/s1. The number of allylic oxidation sites excluding steroid dienone is 6. The largest absolute Gasteiger partial charge is 0.469 e. The lowest BCUT2D eigenvalue weighted by molar-refractivity contribution is -0.161. The van der Waals surface area contributed by atoms with Crippen molar-refractivity contribution in [3.05, 3.63) is 36.5 Å². The minimum Gasteiger partial charge on any atom is -0.462 e. The van der Waals surface area contributed by atoms with Gasteiger partial charge in [0.1, 0.15) is 6.61 Å². The average Bonchev–Trinajstić information content (AvgIpc) is 3.14. The summed E-state index contributed by atoms with van der Waals surface area (Å²) in [6.45, 7) is 3.66. The van der Waals surface area contributed by atoms with E-state index in [1.807, 2.05) is 6.08 Å². The summed E-state index contributed by atoms with van der Waals surface area (Å²) < 4.78 is 26.4. The Labute approximate surface area is 332 Å². The van der Waals surface area contributed by atoms with Crippen molar-refractivity contribution in [1.82, 2.24) is 0 Å². The van der Waals surface area contributed by atoms with Gasteiger partial charge in [-0.3, -0.25) is 14.1 Å². The van der Waals surface area contributed by atoms with Crippen molar-refractivity contribution in [2.24, 2.45) is 0 Å². The first kappa shape index (κ1) is 52.3. The van der Waals surface area contributed by atoms with E-state index in [9.17, 15) is 14.2 Å². The fourth-order valence-electron chi connectivity index (χ4n) is 6.29. The lowest BCUT2D eigenvalue weighted by Crippen LogP contribution is -2.29. The quantitative estimate of drug-likeness (QED) is 0.0272. The number of carbonyl (C=O) groups is 2. The van der Waals surface area contributed by atoms with Crippen LogP contribution in [0.15, 0.2) is 36.5 Å². The minimum absolute atomic E-state index is 0.149. The highest BCUT2D eigenvalue weighted by molar-refractivity contribution is 7.46. The van der Waals surface area contributed by atoms with Gasteiger partial charge in [-0.1, -0.05) is 179 Å². The van der Waals surface area contributed by atoms with Gasteiger partial charge in [0.05, 0.1) is 6.61 Å². The van der Waals surface area contributed by atoms with Crippen LogP contribution < -0.4 is 0 Å². The Morgan fingerprint density at radius 3 is 1.30 bits per heavy atom. The van der Waals surface area contributed by atoms with Crippen LogP contribution in [-0.2, 0) is 28.2 Å². The predicted octanol–water partition coefficient (Wildman–Crippen LogP) is 13.7. The highest BCUT2D eigenvalue weighted by Gasteiger charge is 2.22. The SMILES string of the molecule is CCCCCCCC/C=C/CCCCCCCCCCCC(=O)OC[C@H](COP(=O)(O)O)OC(=O)CCC/C=C/C/C=C/CCCCCCCCCCC. The zero-order valence-corrected chi connectivity index (χ0v) is 35.8. The number of hydrogen-bond acceptors (Lipinski definition) is 6. The van der Waals surface area contributed by atoms with Crippen LogP contribution >= 0.6 is 7.82 Å². The topological polar surface area (TPSA) is 119 Å². The Kier molecular flexibility index (Phi) is 39.6. The molecule has 0 aromatic rings. The van der Waals surface area contributed by atoms with Crippen LogP contribution in [0.3, 0.4) is 0 Å². The minimum atomic E-state index is -4.77. The number of phosphoric ester groups is 1. The van der Waals surface area contributed by atoms with E-state index in [0.717, 1.165) is 44.9 Å². The lowest BCUT2D eigenvalue weighted by atomic mass is 10.1. The van der Waals surface area contributed by atoms with Crippen LogP contribution in [0, 0.1) is 0 Å². The van der Waals surface area contributed by atoms with Crippen molar-refractivity contribution >= 4 is 19.8 Å². The summed E-state index contributed by atoms with van der Waals surface area (Å²) in [6.07, 6.45) is 48.8. The van der Waals surface area contributed by atoms with E-state index >= 15 is 0 Å². The Morgan fingerprint density at radius 2 is 0.852 bits per heavy atom. The molecule has 316 valence electrons. The number of phosphoric acid groups is 1. The van der Waals surface area contributed by atoms with E-state index < -0.39 is 32.5 Å². The summed E-state index contributed by atoms with van der Waals surface area (Å²) in [5.41, 5.74) is 0. The molecule has 2 N–H and O–H groups in total. The van der Waals surface area contributed by atoms with E-state index in [-0.39, 0.29) is 19.4 Å². The maximum absolute atomic E-state index is 12.4. The average molecular weight is 783 g/mol. The molecule has 0 aliphatic carbocycles. The predicted molar refractivity (Wildman–Crippen MR) is 225 cm³/mol. The molecule has 0 spiro atoms. The van der Waals surface area contributed by atoms with Crippen LogP contribution in [0.25, 0.3) is 0 Å². The first-order valence-corrected chi connectivity index (χ1v) is 23.8. The molecule has 0 radical (unpaired) electrons. The highest BCUT2D eigenvalue weighted by atomic mass is 31.2. The molecular weight excluding hydrogens is 699 g/mol. The molecule has 8 nitrogen and oxygen atoms in total. The normalized spacial score (nSPS) is 12.7. The summed E-state index contributed by atoms with van der Waals surface area (Å²) in [4.78, 5) is 42.9. The first-order valence-electron chi connectivity index (χ1n) is 22.3. The zero-order valence-electron chi connectivity index (χ0n) is 34.9. The molecule has 0 aromatic carbocycles.